The van der Waals surface area contributed by atoms with E-state index in [0.29, 0.717) is 12.6 Å². The largest absolute Gasteiger partial charge is 0.329 e. The molecule has 0 atom stereocenters. The van der Waals surface area contributed by atoms with Crippen LogP contribution in [-0.2, 0) is 13.6 Å². The van der Waals surface area contributed by atoms with E-state index in [-0.39, 0.29) is 0 Å². The maximum Gasteiger partial charge on any atom is 0.0597 e. The molecule has 0 aliphatic carbocycles. The van der Waals surface area contributed by atoms with E-state index in [1.807, 2.05) is 18.7 Å². The Labute approximate surface area is 92.1 Å². The van der Waals surface area contributed by atoms with Gasteiger partial charge in [0.25, 0.3) is 0 Å². The summed E-state index contributed by atoms with van der Waals surface area (Å²) in [6.07, 6.45) is 0. The molecular weight excluding hydrogens is 188 g/mol. The van der Waals surface area contributed by atoms with Crippen molar-refractivity contribution < 1.29 is 0 Å². The summed E-state index contributed by atoms with van der Waals surface area (Å²) >= 11 is 0. The van der Waals surface area contributed by atoms with Crippen LogP contribution in [0.3, 0.4) is 0 Å². The zero-order valence-corrected chi connectivity index (χ0v) is 10.2. The van der Waals surface area contributed by atoms with Crippen molar-refractivity contribution in [3.8, 4) is 0 Å². The minimum absolute atomic E-state index is 0.517. The quantitative estimate of drug-likeness (QED) is 0.785. The van der Waals surface area contributed by atoms with Crippen LogP contribution < -0.4 is 5.73 Å². The molecule has 0 saturated heterocycles. The monoisotopic (exact) mass is 210 g/mol. The molecule has 0 aliphatic heterocycles. The van der Waals surface area contributed by atoms with Crippen molar-refractivity contribution in [2.45, 2.75) is 33.4 Å². The third kappa shape index (κ3) is 3.32. The molecule has 0 aromatic carbocycles. The van der Waals surface area contributed by atoms with Gasteiger partial charge in [0, 0.05) is 32.7 Å². The lowest BCUT2D eigenvalue weighted by atomic mass is 10.2. The first-order valence-electron chi connectivity index (χ1n) is 5.48. The Balaban J connectivity index is 2.69. The minimum atomic E-state index is 0.517. The van der Waals surface area contributed by atoms with Crippen molar-refractivity contribution in [2.24, 2.45) is 12.8 Å². The van der Waals surface area contributed by atoms with Crippen LogP contribution >= 0.6 is 0 Å². The average molecular weight is 210 g/mol. The first-order valence-corrected chi connectivity index (χ1v) is 5.48. The van der Waals surface area contributed by atoms with Crippen molar-refractivity contribution in [3.63, 3.8) is 0 Å². The van der Waals surface area contributed by atoms with E-state index in [1.165, 1.54) is 5.69 Å². The van der Waals surface area contributed by atoms with Crippen molar-refractivity contribution in [2.75, 3.05) is 13.1 Å². The Hall–Kier alpha value is -0.870. The second kappa shape index (κ2) is 5.28. The molecule has 0 amide bonds. The molecule has 1 rings (SSSR count). The lowest BCUT2D eigenvalue weighted by Gasteiger charge is -2.25. The molecule has 0 bridgehead atoms. The molecule has 2 N–H and O–H groups in total. The van der Waals surface area contributed by atoms with Gasteiger partial charge in [-0.25, -0.2) is 0 Å². The SMILES string of the molecule is Cc1cc(CN(CCN)C(C)C)n(C)n1. The third-order valence-electron chi connectivity index (χ3n) is 2.61. The topological polar surface area (TPSA) is 47.1 Å². The summed E-state index contributed by atoms with van der Waals surface area (Å²) in [5.74, 6) is 0. The fourth-order valence-corrected chi connectivity index (χ4v) is 1.71. The third-order valence-corrected chi connectivity index (χ3v) is 2.61. The molecule has 4 nitrogen and oxygen atoms in total. The lowest BCUT2D eigenvalue weighted by molar-refractivity contribution is 0.213. The highest BCUT2D eigenvalue weighted by Crippen LogP contribution is 2.08. The second-order valence-corrected chi connectivity index (χ2v) is 4.25. The van der Waals surface area contributed by atoms with Gasteiger partial charge < -0.3 is 5.73 Å². The fraction of sp³-hybridized carbons (Fsp3) is 0.727. The van der Waals surface area contributed by atoms with Crippen molar-refractivity contribution in [1.29, 1.82) is 0 Å². The minimum Gasteiger partial charge on any atom is -0.329 e. The number of hydrogen-bond acceptors (Lipinski definition) is 3. The standard InChI is InChI=1S/C11H22N4/c1-9(2)15(6-5-12)8-11-7-10(3)13-14(11)4/h7,9H,5-6,8,12H2,1-4H3. The Kier molecular flexibility index (Phi) is 4.29. The molecule has 0 unspecified atom stereocenters. The summed E-state index contributed by atoms with van der Waals surface area (Å²) in [7, 11) is 1.99. The van der Waals surface area contributed by atoms with Crippen molar-refractivity contribution >= 4 is 0 Å². The normalized spacial score (nSPS) is 11.7. The molecule has 0 spiro atoms. The lowest BCUT2D eigenvalue weighted by Crippen LogP contribution is -2.35. The molecule has 0 aliphatic rings. The summed E-state index contributed by atoms with van der Waals surface area (Å²) in [4.78, 5) is 2.36. The van der Waals surface area contributed by atoms with Gasteiger partial charge in [-0.2, -0.15) is 5.10 Å². The van der Waals surface area contributed by atoms with E-state index >= 15 is 0 Å². The van der Waals surface area contributed by atoms with E-state index < -0.39 is 0 Å². The predicted octanol–water partition coefficient (Wildman–Crippen LogP) is 0.898. The highest BCUT2D eigenvalue weighted by molar-refractivity contribution is 5.08. The van der Waals surface area contributed by atoms with Crippen LogP contribution in [0.4, 0.5) is 0 Å². The maximum atomic E-state index is 5.60. The van der Waals surface area contributed by atoms with E-state index in [0.717, 1.165) is 18.8 Å². The van der Waals surface area contributed by atoms with Crippen LogP contribution in [-0.4, -0.2) is 33.8 Å². The first kappa shape index (κ1) is 12.2. The molecule has 0 saturated carbocycles. The average Bonchev–Trinajstić information content (AvgIpc) is 2.44. The van der Waals surface area contributed by atoms with Crippen LogP contribution in [0.5, 0.6) is 0 Å². The van der Waals surface area contributed by atoms with Gasteiger partial charge in [-0.15, -0.1) is 0 Å². The van der Waals surface area contributed by atoms with Gasteiger partial charge in [0.2, 0.25) is 0 Å². The van der Waals surface area contributed by atoms with E-state index in [1.54, 1.807) is 0 Å². The van der Waals surface area contributed by atoms with Crippen molar-refractivity contribution in [1.82, 2.24) is 14.7 Å². The molecule has 0 radical (unpaired) electrons. The Morgan fingerprint density at radius 2 is 2.20 bits per heavy atom. The van der Waals surface area contributed by atoms with Gasteiger partial charge in [0.1, 0.15) is 0 Å². The van der Waals surface area contributed by atoms with Gasteiger partial charge in [-0.1, -0.05) is 0 Å². The van der Waals surface area contributed by atoms with Crippen LogP contribution in [0, 0.1) is 6.92 Å². The van der Waals surface area contributed by atoms with E-state index in [9.17, 15) is 0 Å². The van der Waals surface area contributed by atoms with E-state index in [4.69, 9.17) is 5.73 Å². The number of aryl methyl sites for hydroxylation is 2. The molecule has 1 aromatic rings. The van der Waals surface area contributed by atoms with Gasteiger partial charge in [0.15, 0.2) is 0 Å². The summed E-state index contributed by atoms with van der Waals surface area (Å²) in [6.45, 7) is 8.97. The maximum absolute atomic E-state index is 5.60. The highest BCUT2D eigenvalue weighted by Gasteiger charge is 2.11. The van der Waals surface area contributed by atoms with Gasteiger partial charge in [-0.3, -0.25) is 9.58 Å². The number of hydrogen-bond donors (Lipinski definition) is 1. The fourth-order valence-electron chi connectivity index (χ4n) is 1.71. The number of nitrogens with two attached hydrogens (primary N) is 1. The zero-order chi connectivity index (χ0) is 11.4. The zero-order valence-electron chi connectivity index (χ0n) is 10.2. The van der Waals surface area contributed by atoms with E-state index in [2.05, 4.69) is 29.9 Å². The molecule has 4 heteroatoms. The highest BCUT2D eigenvalue weighted by atomic mass is 15.3. The number of nitrogens with zero attached hydrogens (tertiary/aromatic N) is 3. The summed E-state index contributed by atoms with van der Waals surface area (Å²) in [5, 5.41) is 4.34. The van der Waals surface area contributed by atoms with Crippen LogP contribution in [0.25, 0.3) is 0 Å². The molecule has 15 heavy (non-hydrogen) atoms. The Morgan fingerprint density at radius 1 is 1.53 bits per heavy atom. The second-order valence-electron chi connectivity index (χ2n) is 4.25. The molecule has 1 aromatic heterocycles. The molecule has 0 fully saturated rings. The first-order chi connectivity index (χ1) is 7.04. The summed E-state index contributed by atoms with van der Waals surface area (Å²) in [5.41, 5.74) is 7.92. The van der Waals surface area contributed by atoms with Gasteiger partial charge in [0.05, 0.1) is 11.4 Å². The van der Waals surface area contributed by atoms with Crippen LogP contribution in [0.15, 0.2) is 6.07 Å². The molecule has 1 heterocycles. The van der Waals surface area contributed by atoms with Crippen LogP contribution in [0.1, 0.15) is 25.2 Å². The van der Waals surface area contributed by atoms with Crippen molar-refractivity contribution in [3.05, 3.63) is 17.5 Å². The van der Waals surface area contributed by atoms with Gasteiger partial charge in [-0.05, 0) is 26.8 Å². The number of rotatable bonds is 5. The molecule has 86 valence electrons. The number of aromatic nitrogens is 2. The summed E-state index contributed by atoms with van der Waals surface area (Å²) < 4.78 is 1.95. The van der Waals surface area contributed by atoms with Gasteiger partial charge >= 0.3 is 0 Å². The van der Waals surface area contributed by atoms with Crippen LogP contribution in [0.2, 0.25) is 0 Å². The Bertz CT molecular complexity index is 304. The summed E-state index contributed by atoms with van der Waals surface area (Å²) in [6, 6.07) is 2.65. The predicted molar refractivity (Wildman–Crippen MR) is 62.5 cm³/mol. The molecular formula is C11H22N4. The smallest absolute Gasteiger partial charge is 0.0597 e. The Morgan fingerprint density at radius 3 is 2.60 bits per heavy atom.